The van der Waals surface area contributed by atoms with E-state index in [1.54, 1.807) is 0 Å². The van der Waals surface area contributed by atoms with Crippen LogP contribution in [0, 0.1) is 0 Å². The average molecular weight is 264 g/mol. The zero-order valence-corrected chi connectivity index (χ0v) is 11.8. The van der Waals surface area contributed by atoms with Crippen LogP contribution in [0.15, 0.2) is 24.3 Å². The molecule has 0 saturated carbocycles. The van der Waals surface area contributed by atoms with Gasteiger partial charge < -0.3 is 15.8 Å². The van der Waals surface area contributed by atoms with Crippen LogP contribution in [0.3, 0.4) is 0 Å². The highest BCUT2D eigenvalue weighted by Crippen LogP contribution is 2.10. The number of carbonyl (C=O) groups excluding carboxylic acids is 1. The van der Waals surface area contributed by atoms with Crippen molar-refractivity contribution in [2.75, 3.05) is 6.61 Å². The Bertz CT molecular complexity index is 393. The monoisotopic (exact) mass is 264 g/mol. The summed E-state index contributed by atoms with van der Waals surface area (Å²) in [6.07, 6.45) is 1.19. The number of amides is 1. The minimum atomic E-state index is -0.0568. The number of nitrogens with one attached hydrogen (secondary N) is 1. The van der Waals surface area contributed by atoms with E-state index in [0.717, 1.165) is 17.5 Å². The number of carbonyl (C=O) groups is 1. The smallest absolute Gasteiger partial charge is 0.221 e. The van der Waals surface area contributed by atoms with Crippen LogP contribution in [0.5, 0.6) is 0 Å². The number of hydrogen-bond acceptors (Lipinski definition) is 3. The Labute approximate surface area is 115 Å². The highest BCUT2D eigenvalue weighted by atomic mass is 16.5. The zero-order chi connectivity index (χ0) is 14.1. The lowest BCUT2D eigenvalue weighted by Gasteiger charge is -2.12. The molecule has 1 unspecified atom stereocenters. The molecule has 0 fully saturated rings. The number of rotatable bonds is 8. The van der Waals surface area contributed by atoms with Crippen LogP contribution in [0.2, 0.25) is 0 Å². The Morgan fingerprint density at radius 1 is 1.32 bits per heavy atom. The van der Waals surface area contributed by atoms with E-state index >= 15 is 0 Å². The number of benzene rings is 1. The second-order valence-electron chi connectivity index (χ2n) is 4.56. The van der Waals surface area contributed by atoms with Crippen molar-refractivity contribution in [1.82, 2.24) is 5.32 Å². The number of hydrogen-bond donors (Lipinski definition) is 2. The van der Waals surface area contributed by atoms with E-state index < -0.39 is 0 Å². The van der Waals surface area contributed by atoms with Crippen LogP contribution >= 0.6 is 0 Å². The van der Waals surface area contributed by atoms with Gasteiger partial charge in [0.1, 0.15) is 0 Å². The molecule has 1 aromatic rings. The summed E-state index contributed by atoms with van der Waals surface area (Å²) < 4.78 is 5.42. The molecule has 1 atom stereocenters. The van der Waals surface area contributed by atoms with Gasteiger partial charge in [-0.3, -0.25) is 4.79 Å². The van der Waals surface area contributed by atoms with Crippen LogP contribution in [0.1, 0.15) is 37.8 Å². The Kier molecular flexibility index (Phi) is 7.15. The molecule has 0 aliphatic rings. The van der Waals surface area contributed by atoms with Crippen molar-refractivity contribution in [3.8, 4) is 0 Å². The molecule has 1 aromatic carbocycles. The molecule has 4 nitrogen and oxygen atoms in total. The van der Waals surface area contributed by atoms with Gasteiger partial charge in [0, 0.05) is 25.6 Å². The normalized spacial score (nSPS) is 12.2. The minimum absolute atomic E-state index is 0.000521. The van der Waals surface area contributed by atoms with Crippen molar-refractivity contribution in [3.63, 3.8) is 0 Å². The molecule has 0 bridgehead atoms. The van der Waals surface area contributed by atoms with Gasteiger partial charge in [-0.05, 0) is 24.5 Å². The topological polar surface area (TPSA) is 64.3 Å². The van der Waals surface area contributed by atoms with E-state index in [0.29, 0.717) is 26.2 Å². The SMILES string of the molecule is CCOCc1ccccc1CNC(=O)CC(N)CC. The Hall–Kier alpha value is -1.39. The second-order valence-corrected chi connectivity index (χ2v) is 4.56. The third-order valence-corrected chi connectivity index (χ3v) is 3.03. The van der Waals surface area contributed by atoms with E-state index in [9.17, 15) is 4.79 Å². The van der Waals surface area contributed by atoms with Gasteiger partial charge in [-0.1, -0.05) is 31.2 Å². The first-order valence-corrected chi connectivity index (χ1v) is 6.84. The number of nitrogens with two attached hydrogens (primary N) is 1. The van der Waals surface area contributed by atoms with Gasteiger partial charge in [0.05, 0.1) is 6.61 Å². The maximum atomic E-state index is 11.7. The predicted molar refractivity (Wildman–Crippen MR) is 76.5 cm³/mol. The summed E-state index contributed by atoms with van der Waals surface area (Å²) in [7, 11) is 0. The molecule has 0 aliphatic carbocycles. The van der Waals surface area contributed by atoms with Crippen LogP contribution in [0.4, 0.5) is 0 Å². The predicted octanol–water partition coefficient (Wildman–Crippen LogP) is 1.97. The maximum Gasteiger partial charge on any atom is 0.221 e. The number of ether oxygens (including phenoxy) is 1. The van der Waals surface area contributed by atoms with Gasteiger partial charge >= 0.3 is 0 Å². The van der Waals surface area contributed by atoms with Crippen LogP contribution in [0.25, 0.3) is 0 Å². The van der Waals surface area contributed by atoms with E-state index in [1.165, 1.54) is 0 Å². The molecule has 19 heavy (non-hydrogen) atoms. The van der Waals surface area contributed by atoms with E-state index in [-0.39, 0.29) is 11.9 Å². The first-order chi connectivity index (χ1) is 9.17. The van der Waals surface area contributed by atoms with Crippen molar-refractivity contribution in [1.29, 1.82) is 0 Å². The molecule has 0 aliphatic heterocycles. The zero-order valence-electron chi connectivity index (χ0n) is 11.8. The first kappa shape index (κ1) is 15.7. The van der Waals surface area contributed by atoms with Crippen molar-refractivity contribution in [3.05, 3.63) is 35.4 Å². The van der Waals surface area contributed by atoms with Gasteiger partial charge in [-0.25, -0.2) is 0 Å². The Balaban J connectivity index is 2.50. The molecule has 106 valence electrons. The maximum absolute atomic E-state index is 11.7. The highest BCUT2D eigenvalue weighted by molar-refractivity contribution is 5.76. The summed E-state index contributed by atoms with van der Waals surface area (Å²) in [4.78, 5) is 11.7. The molecule has 0 saturated heterocycles. The summed E-state index contributed by atoms with van der Waals surface area (Å²) in [6, 6.07) is 7.92. The van der Waals surface area contributed by atoms with Gasteiger partial charge in [-0.15, -0.1) is 0 Å². The molecule has 0 radical (unpaired) electrons. The largest absolute Gasteiger partial charge is 0.377 e. The fraction of sp³-hybridized carbons (Fsp3) is 0.533. The second kappa shape index (κ2) is 8.67. The standard InChI is InChI=1S/C15H24N2O2/c1-3-14(16)9-15(18)17-10-12-7-5-6-8-13(12)11-19-4-2/h5-8,14H,3-4,9-11,16H2,1-2H3,(H,17,18). The van der Waals surface area contributed by atoms with Gasteiger partial charge in [0.25, 0.3) is 0 Å². The summed E-state index contributed by atoms with van der Waals surface area (Å²) >= 11 is 0. The van der Waals surface area contributed by atoms with Crippen LogP contribution in [-0.2, 0) is 22.7 Å². The van der Waals surface area contributed by atoms with E-state index in [2.05, 4.69) is 5.32 Å². The first-order valence-electron chi connectivity index (χ1n) is 6.84. The third kappa shape index (κ3) is 5.85. The third-order valence-electron chi connectivity index (χ3n) is 3.03. The molecule has 1 rings (SSSR count). The lowest BCUT2D eigenvalue weighted by Crippen LogP contribution is -2.31. The van der Waals surface area contributed by atoms with Crippen LogP contribution in [-0.4, -0.2) is 18.6 Å². The average Bonchev–Trinajstić information content (AvgIpc) is 2.43. The van der Waals surface area contributed by atoms with Crippen molar-refractivity contribution in [2.45, 2.75) is 45.9 Å². The fourth-order valence-electron chi connectivity index (χ4n) is 1.73. The molecular formula is C15H24N2O2. The van der Waals surface area contributed by atoms with Gasteiger partial charge in [-0.2, -0.15) is 0 Å². The molecular weight excluding hydrogens is 240 g/mol. The van der Waals surface area contributed by atoms with Crippen molar-refractivity contribution < 1.29 is 9.53 Å². The highest BCUT2D eigenvalue weighted by Gasteiger charge is 2.08. The molecule has 3 N–H and O–H groups in total. The Morgan fingerprint density at radius 2 is 2.00 bits per heavy atom. The molecule has 4 heteroatoms. The lowest BCUT2D eigenvalue weighted by atomic mass is 10.1. The summed E-state index contributed by atoms with van der Waals surface area (Å²) in [5.74, 6) is 0.000521. The summed E-state index contributed by atoms with van der Waals surface area (Å²) in [5.41, 5.74) is 7.96. The molecule has 1 amide bonds. The van der Waals surface area contributed by atoms with Crippen LogP contribution < -0.4 is 11.1 Å². The lowest BCUT2D eigenvalue weighted by molar-refractivity contribution is -0.121. The quantitative estimate of drug-likeness (QED) is 0.754. The molecule has 0 spiro atoms. The fourth-order valence-corrected chi connectivity index (χ4v) is 1.73. The van der Waals surface area contributed by atoms with Gasteiger partial charge in [0.2, 0.25) is 5.91 Å². The van der Waals surface area contributed by atoms with Gasteiger partial charge in [0.15, 0.2) is 0 Å². The van der Waals surface area contributed by atoms with E-state index in [1.807, 2.05) is 38.1 Å². The summed E-state index contributed by atoms with van der Waals surface area (Å²) in [6.45, 7) is 5.74. The van der Waals surface area contributed by atoms with Crippen molar-refractivity contribution in [2.24, 2.45) is 5.73 Å². The molecule has 0 heterocycles. The van der Waals surface area contributed by atoms with Crippen molar-refractivity contribution >= 4 is 5.91 Å². The summed E-state index contributed by atoms with van der Waals surface area (Å²) in [5, 5.41) is 2.91. The Morgan fingerprint density at radius 3 is 2.63 bits per heavy atom. The molecule has 0 aromatic heterocycles. The minimum Gasteiger partial charge on any atom is -0.377 e. The van der Waals surface area contributed by atoms with E-state index in [4.69, 9.17) is 10.5 Å².